The van der Waals surface area contributed by atoms with Crippen LogP contribution in [0.3, 0.4) is 0 Å². The maximum Gasteiger partial charge on any atom is 0.293 e. The van der Waals surface area contributed by atoms with Crippen molar-refractivity contribution in [3.05, 3.63) is 28.4 Å². The number of hydrogen-bond donors (Lipinski definition) is 0. The lowest BCUT2D eigenvalue weighted by molar-refractivity contribution is -0.129. The number of nitrogens with zero attached hydrogens (tertiary/aromatic N) is 2. The van der Waals surface area contributed by atoms with Crippen LogP contribution >= 0.6 is 0 Å². The molecule has 0 saturated heterocycles. The summed E-state index contributed by atoms with van der Waals surface area (Å²) in [6.07, 6.45) is 3.08. The number of aromatic nitrogens is 2. The Morgan fingerprint density at radius 3 is 3.36 bits per heavy atom. The van der Waals surface area contributed by atoms with Gasteiger partial charge in [0.05, 0.1) is 6.04 Å². The Hall–Kier alpha value is -1.65. The summed E-state index contributed by atoms with van der Waals surface area (Å²) in [6, 6.07) is 1.37. The zero-order valence-electron chi connectivity index (χ0n) is 7.55. The van der Waals surface area contributed by atoms with Crippen LogP contribution in [-0.2, 0) is 16.0 Å². The van der Waals surface area contributed by atoms with Crippen LogP contribution in [0.1, 0.15) is 18.3 Å². The van der Waals surface area contributed by atoms with Gasteiger partial charge in [0.1, 0.15) is 12.4 Å². The smallest absolute Gasteiger partial charge is 0.293 e. The lowest BCUT2D eigenvalue weighted by Gasteiger charge is -2.11. The largest absolute Gasteiger partial charge is 0.466 e. The van der Waals surface area contributed by atoms with Crippen LogP contribution in [0, 0.1) is 0 Å². The van der Waals surface area contributed by atoms with Gasteiger partial charge in [-0.15, -0.1) is 0 Å². The van der Waals surface area contributed by atoms with E-state index in [0.717, 1.165) is 18.7 Å². The van der Waals surface area contributed by atoms with Gasteiger partial charge in [0.15, 0.2) is 0 Å². The molecule has 1 aliphatic rings. The number of rotatable bonds is 3. The molecule has 1 aliphatic heterocycles. The number of fused-ring (bicyclic) bond motifs is 1. The molecule has 0 saturated carbocycles. The molecule has 74 valence electrons. The maximum atomic E-state index is 11.5. The molecular weight excluding hydrogens is 184 g/mol. The highest BCUT2D eigenvalue weighted by molar-refractivity contribution is 5.36. The van der Waals surface area contributed by atoms with Gasteiger partial charge in [-0.1, -0.05) is 0 Å². The van der Waals surface area contributed by atoms with Gasteiger partial charge < -0.3 is 4.74 Å². The molecule has 1 aromatic rings. The van der Waals surface area contributed by atoms with Crippen molar-refractivity contribution < 1.29 is 9.53 Å². The van der Waals surface area contributed by atoms with Crippen LogP contribution in [0.2, 0.25) is 0 Å². The van der Waals surface area contributed by atoms with Crippen molar-refractivity contribution in [1.82, 2.24) is 9.55 Å². The summed E-state index contributed by atoms with van der Waals surface area (Å²) < 4.78 is 6.26. The minimum Gasteiger partial charge on any atom is -0.466 e. The van der Waals surface area contributed by atoms with E-state index < -0.39 is 0 Å². The standard InChI is InChI=1S/C9H10N2O3/c12-6-14-5-7-1-2-8-10-4-3-9(13)11(7)8/h3-4,6-7H,1-2,5H2. The summed E-state index contributed by atoms with van der Waals surface area (Å²) in [6.45, 7) is 0.654. The predicted molar refractivity (Wildman–Crippen MR) is 47.9 cm³/mol. The molecule has 0 aliphatic carbocycles. The Morgan fingerprint density at radius 2 is 2.57 bits per heavy atom. The van der Waals surface area contributed by atoms with Crippen molar-refractivity contribution in [3.63, 3.8) is 0 Å². The first-order chi connectivity index (χ1) is 6.83. The molecule has 0 fully saturated rings. The van der Waals surface area contributed by atoms with Crippen LogP contribution in [0.15, 0.2) is 17.1 Å². The van der Waals surface area contributed by atoms with Crippen LogP contribution in [0.5, 0.6) is 0 Å². The molecule has 0 radical (unpaired) electrons. The third-order valence-electron chi connectivity index (χ3n) is 2.38. The molecule has 2 rings (SSSR count). The summed E-state index contributed by atoms with van der Waals surface area (Å²) in [4.78, 5) is 25.6. The molecule has 5 nitrogen and oxygen atoms in total. The SMILES string of the molecule is O=COCC1CCc2nccc(=O)n21. The second-order valence-electron chi connectivity index (χ2n) is 3.19. The van der Waals surface area contributed by atoms with Crippen molar-refractivity contribution in [2.75, 3.05) is 6.61 Å². The van der Waals surface area contributed by atoms with E-state index in [1.807, 2.05) is 0 Å². The highest BCUT2D eigenvalue weighted by atomic mass is 16.5. The zero-order valence-corrected chi connectivity index (χ0v) is 7.55. The molecule has 14 heavy (non-hydrogen) atoms. The maximum absolute atomic E-state index is 11.5. The Labute approximate surface area is 80.3 Å². The zero-order chi connectivity index (χ0) is 9.97. The van der Waals surface area contributed by atoms with Crippen LogP contribution in [0.4, 0.5) is 0 Å². The van der Waals surface area contributed by atoms with E-state index in [2.05, 4.69) is 9.72 Å². The first-order valence-corrected chi connectivity index (χ1v) is 4.44. The van der Waals surface area contributed by atoms with Crippen molar-refractivity contribution in [1.29, 1.82) is 0 Å². The Morgan fingerprint density at radius 1 is 1.71 bits per heavy atom. The van der Waals surface area contributed by atoms with Crippen molar-refractivity contribution in [3.8, 4) is 0 Å². The fourth-order valence-electron chi connectivity index (χ4n) is 1.77. The van der Waals surface area contributed by atoms with E-state index in [4.69, 9.17) is 0 Å². The molecule has 0 spiro atoms. The molecule has 1 aromatic heterocycles. The van der Waals surface area contributed by atoms with Gasteiger partial charge in [-0.3, -0.25) is 14.2 Å². The normalized spacial score (nSPS) is 19.0. The molecule has 1 atom stereocenters. The van der Waals surface area contributed by atoms with E-state index in [-0.39, 0.29) is 18.2 Å². The lowest BCUT2D eigenvalue weighted by atomic mass is 10.2. The number of ether oxygens (including phenoxy) is 1. The second kappa shape index (κ2) is 3.61. The first-order valence-electron chi connectivity index (χ1n) is 4.44. The molecule has 1 unspecified atom stereocenters. The summed E-state index contributed by atoms with van der Waals surface area (Å²) in [5.41, 5.74) is -0.0769. The van der Waals surface area contributed by atoms with E-state index in [1.165, 1.54) is 12.3 Å². The first kappa shape index (κ1) is 8.93. The molecule has 0 aromatic carbocycles. The third kappa shape index (κ3) is 1.41. The second-order valence-corrected chi connectivity index (χ2v) is 3.19. The van der Waals surface area contributed by atoms with Gasteiger partial charge in [-0.25, -0.2) is 4.98 Å². The fraction of sp³-hybridized carbons (Fsp3) is 0.444. The number of carbonyl (C=O) groups is 1. The quantitative estimate of drug-likeness (QED) is 0.630. The summed E-state index contributed by atoms with van der Waals surface area (Å²) >= 11 is 0. The van der Waals surface area contributed by atoms with E-state index >= 15 is 0 Å². The van der Waals surface area contributed by atoms with E-state index in [9.17, 15) is 9.59 Å². The van der Waals surface area contributed by atoms with E-state index in [0.29, 0.717) is 6.47 Å². The van der Waals surface area contributed by atoms with Gasteiger partial charge in [0.2, 0.25) is 0 Å². The minimum absolute atomic E-state index is 0.0450. The van der Waals surface area contributed by atoms with Crippen molar-refractivity contribution in [2.24, 2.45) is 0 Å². The molecule has 5 heteroatoms. The van der Waals surface area contributed by atoms with Crippen LogP contribution in [-0.4, -0.2) is 22.6 Å². The third-order valence-corrected chi connectivity index (χ3v) is 2.38. The average molecular weight is 194 g/mol. The van der Waals surface area contributed by atoms with Gasteiger partial charge in [-0.2, -0.15) is 0 Å². The van der Waals surface area contributed by atoms with Crippen molar-refractivity contribution >= 4 is 6.47 Å². The molecule has 0 N–H and O–H groups in total. The Kier molecular flexibility index (Phi) is 2.30. The Bertz CT molecular complexity index is 399. The molecular formula is C9H10N2O3. The monoisotopic (exact) mass is 194 g/mol. The fourth-order valence-corrected chi connectivity index (χ4v) is 1.77. The average Bonchev–Trinajstić information content (AvgIpc) is 2.59. The van der Waals surface area contributed by atoms with Gasteiger partial charge in [0, 0.05) is 18.7 Å². The van der Waals surface area contributed by atoms with Crippen molar-refractivity contribution in [2.45, 2.75) is 18.9 Å². The van der Waals surface area contributed by atoms with Gasteiger partial charge in [0.25, 0.3) is 12.0 Å². The minimum atomic E-state index is -0.0769. The molecule has 0 bridgehead atoms. The molecule has 2 heterocycles. The van der Waals surface area contributed by atoms with E-state index in [1.54, 1.807) is 4.57 Å². The summed E-state index contributed by atoms with van der Waals surface area (Å²) in [5, 5.41) is 0. The van der Waals surface area contributed by atoms with Crippen LogP contribution in [0.25, 0.3) is 0 Å². The summed E-state index contributed by atoms with van der Waals surface area (Å²) in [7, 11) is 0. The van der Waals surface area contributed by atoms with Gasteiger partial charge in [-0.05, 0) is 6.42 Å². The highest BCUT2D eigenvalue weighted by Gasteiger charge is 2.23. The molecule has 0 amide bonds. The number of hydrogen-bond acceptors (Lipinski definition) is 4. The number of carbonyl (C=O) groups excluding carboxylic acids is 1. The summed E-state index contributed by atoms with van der Waals surface area (Å²) in [5.74, 6) is 0.775. The highest BCUT2D eigenvalue weighted by Crippen LogP contribution is 2.21. The number of aryl methyl sites for hydroxylation is 1. The Balaban J connectivity index is 2.28. The lowest BCUT2D eigenvalue weighted by Crippen LogP contribution is -2.25. The van der Waals surface area contributed by atoms with Crippen LogP contribution < -0.4 is 5.56 Å². The predicted octanol–water partition coefficient (Wildman–Crippen LogP) is -0.0964. The topological polar surface area (TPSA) is 61.2 Å². The van der Waals surface area contributed by atoms with Gasteiger partial charge >= 0.3 is 0 Å².